The number of piperidine rings is 1. The van der Waals surface area contributed by atoms with Crippen molar-refractivity contribution in [2.45, 2.75) is 76.6 Å². The molecule has 0 radical (unpaired) electrons. The Morgan fingerprint density at radius 1 is 1.08 bits per heavy atom. The molecule has 6 rings (SSSR count). The second kappa shape index (κ2) is 9.89. The van der Waals surface area contributed by atoms with Crippen molar-refractivity contribution in [1.82, 2.24) is 15.5 Å². The average molecular weight is 516 g/mol. The van der Waals surface area contributed by atoms with Gasteiger partial charge in [0.05, 0.1) is 0 Å². The molecule has 2 aromatic rings. The van der Waals surface area contributed by atoms with E-state index in [1.807, 2.05) is 30.3 Å². The van der Waals surface area contributed by atoms with Gasteiger partial charge in [0.25, 0.3) is 5.91 Å². The van der Waals surface area contributed by atoms with Crippen LogP contribution in [-0.2, 0) is 33.8 Å². The van der Waals surface area contributed by atoms with Crippen LogP contribution in [0.3, 0.4) is 0 Å². The van der Waals surface area contributed by atoms with Gasteiger partial charge in [-0.2, -0.15) is 0 Å². The maximum Gasteiger partial charge on any atom is 0.407 e. The maximum absolute atomic E-state index is 13.1. The van der Waals surface area contributed by atoms with E-state index in [1.165, 1.54) is 24.2 Å². The zero-order valence-corrected chi connectivity index (χ0v) is 21.4. The number of amides is 4. The summed E-state index contributed by atoms with van der Waals surface area (Å²) in [6.45, 7) is 0.574. The fourth-order valence-electron chi connectivity index (χ4n) is 6.62. The number of carbonyl (C=O) groups is 4. The molecule has 2 N–H and O–H groups in total. The molecule has 2 saturated carbocycles. The largest absolute Gasteiger partial charge is 0.446 e. The van der Waals surface area contributed by atoms with Gasteiger partial charge in [0.2, 0.25) is 11.8 Å². The molecule has 0 aromatic heterocycles. The zero-order chi connectivity index (χ0) is 26.3. The van der Waals surface area contributed by atoms with Crippen LogP contribution in [0.1, 0.15) is 72.0 Å². The van der Waals surface area contributed by atoms with E-state index in [0.29, 0.717) is 36.3 Å². The van der Waals surface area contributed by atoms with Crippen molar-refractivity contribution in [3.8, 4) is 0 Å². The van der Waals surface area contributed by atoms with Crippen molar-refractivity contribution in [1.29, 1.82) is 0 Å². The van der Waals surface area contributed by atoms with Gasteiger partial charge in [-0.25, -0.2) is 4.79 Å². The molecule has 2 aliphatic heterocycles. The number of nitrogens with one attached hydrogen (secondary N) is 2. The number of carbonyl (C=O) groups excluding carboxylic acids is 4. The molecule has 8 nitrogen and oxygen atoms in total. The molecule has 198 valence electrons. The lowest BCUT2D eigenvalue weighted by Gasteiger charge is -2.55. The van der Waals surface area contributed by atoms with Gasteiger partial charge < -0.3 is 15.0 Å². The van der Waals surface area contributed by atoms with Gasteiger partial charge in [0.1, 0.15) is 12.1 Å². The Labute approximate surface area is 222 Å². The van der Waals surface area contributed by atoms with E-state index < -0.39 is 18.0 Å². The molecule has 2 atom stereocenters. The third-order valence-electron chi connectivity index (χ3n) is 8.90. The lowest BCUT2D eigenvalue weighted by Crippen LogP contribution is -2.52. The summed E-state index contributed by atoms with van der Waals surface area (Å²) < 4.78 is 5.98. The van der Waals surface area contributed by atoms with Gasteiger partial charge in [-0.15, -0.1) is 0 Å². The average Bonchev–Trinajstić information content (AvgIpc) is 3.17. The summed E-state index contributed by atoms with van der Waals surface area (Å²) in [7, 11) is 0. The lowest BCUT2D eigenvalue weighted by molar-refractivity contribution is -0.136. The van der Waals surface area contributed by atoms with Crippen molar-refractivity contribution in [2.75, 3.05) is 0 Å². The van der Waals surface area contributed by atoms with Crippen LogP contribution in [0.15, 0.2) is 48.5 Å². The SMILES string of the molecule is O=C1CCC(N2Cc3ccc(CNC(=O)OC(Cc4ccccc4)C4CC5(CCC5)C4)cc3C2=O)C(=O)N1. The fraction of sp³-hybridized carbons (Fsp3) is 0.467. The topological polar surface area (TPSA) is 105 Å². The Kier molecular flexibility index (Phi) is 6.41. The first-order valence-corrected chi connectivity index (χ1v) is 13.6. The molecule has 3 fully saturated rings. The molecular weight excluding hydrogens is 482 g/mol. The van der Waals surface area contributed by atoms with Gasteiger partial charge in [-0.3, -0.25) is 19.7 Å². The minimum atomic E-state index is -0.642. The minimum Gasteiger partial charge on any atom is -0.446 e. The number of hydrogen-bond acceptors (Lipinski definition) is 5. The van der Waals surface area contributed by atoms with E-state index in [4.69, 9.17) is 4.74 Å². The minimum absolute atomic E-state index is 0.160. The van der Waals surface area contributed by atoms with Gasteiger partial charge in [-0.1, -0.05) is 48.9 Å². The molecule has 2 heterocycles. The van der Waals surface area contributed by atoms with Gasteiger partial charge >= 0.3 is 6.09 Å². The van der Waals surface area contributed by atoms with Crippen molar-refractivity contribution in [3.05, 3.63) is 70.8 Å². The summed E-state index contributed by atoms with van der Waals surface area (Å²) in [6, 6.07) is 15.0. The molecule has 2 aliphatic carbocycles. The number of hydrogen-bond donors (Lipinski definition) is 2. The molecule has 2 unspecified atom stereocenters. The summed E-state index contributed by atoms with van der Waals surface area (Å²) in [4.78, 5) is 51.2. The first-order chi connectivity index (χ1) is 18.4. The van der Waals surface area contributed by atoms with E-state index in [0.717, 1.165) is 29.5 Å². The van der Waals surface area contributed by atoms with E-state index >= 15 is 0 Å². The summed E-state index contributed by atoms with van der Waals surface area (Å²) in [6.07, 6.45) is 6.83. The van der Waals surface area contributed by atoms with Gasteiger partial charge in [0.15, 0.2) is 0 Å². The van der Waals surface area contributed by atoms with Crippen LogP contribution in [0.25, 0.3) is 0 Å². The molecule has 0 bridgehead atoms. The van der Waals surface area contributed by atoms with Crippen LogP contribution < -0.4 is 10.6 Å². The number of benzene rings is 2. The lowest BCUT2D eigenvalue weighted by atomic mass is 9.50. The molecule has 4 amide bonds. The zero-order valence-electron chi connectivity index (χ0n) is 21.4. The molecule has 1 spiro atoms. The number of nitrogens with zero attached hydrogens (tertiary/aromatic N) is 1. The van der Waals surface area contributed by atoms with E-state index in [-0.39, 0.29) is 30.9 Å². The third kappa shape index (κ3) is 4.79. The normalized spacial score (nSPS) is 22.8. The summed E-state index contributed by atoms with van der Waals surface area (Å²) in [5, 5.41) is 5.19. The van der Waals surface area contributed by atoms with E-state index in [9.17, 15) is 19.2 Å². The second-order valence-corrected chi connectivity index (χ2v) is 11.4. The van der Waals surface area contributed by atoms with Crippen LogP contribution in [-0.4, -0.2) is 40.9 Å². The molecule has 4 aliphatic rings. The second-order valence-electron chi connectivity index (χ2n) is 11.4. The van der Waals surface area contributed by atoms with Crippen molar-refractivity contribution in [2.24, 2.45) is 11.3 Å². The number of rotatable bonds is 7. The van der Waals surface area contributed by atoms with E-state index in [2.05, 4.69) is 22.8 Å². The Balaban J connectivity index is 1.07. The van der Waals surface area contributed by atoms with Crippen LogP contribution in [0.4, 0.5) is 4.79 Å². The van der Waals surface area contributed by atoms with Crippen LogP contribution in [0.2, 0.25) is 0 Å². The van der Waals surface area contributed by atoms with Crippen molar-refractivity contribution >= 4 is 23.8 Å². The Hall–Kier alpha value is -3.68. The predicted molar refractivity (Wildman–Crippen MR) is 139 cm³/mol. The third-order valence-corrected chi connectivity index (χ3v) is 8.90. The number of fused-ring (bicyclic) bond motifs is 1. The predicted octanol–water partition coefficient (Wildman–Crippen LogP) is 3.87. The maximum atomic E-state index is 13.1. The van der Waals surface area contributed by atoms with Gasteiger partial charge in [0, 0.05) is 31.5 Å². The molecule has 2 aromatic carbocycles. The highest BCUT2D eigenvalue weighted by molar-refractivity contribution is 6.05. The monoisotopic (exact) mass is 515 g/mol. The first-order valence-electron chi connectivity index (χ1n) is 13.6. The molecule has 38 heavy (non-hydrogen) atoms. The van der Waals surface area contributed by atoms with Gasteiger partial charge in [-0.05, 0) is 66.2 Å². The Bertz CT molecular complexity index is 1260. The number of imide groups is 1. The quantitative estimate of drug-likeness (QED) is 0.545. The highest BCUT2D eigenvalue weighted by Gasteiger charge is 2.51. The smallest absolute Gasteiger partial charge is 0.407 e. The highest BCUT2D eigenvalue weighted by Crippen LogP contribution is 2.60. The van der Waals surface area contributed by atoms with E-state index in [1.54, 1.807) is 6.07 Å². The molecule has 8 heteroatoms. The van der Waals surface area contributed by atoms with Crippen molar-refractivity contribution in [3.63, 3.8) is 0 Å². The Morgan fingerprint density at radius 3 is 2.58 bits per heavy atom. The summed E-state index contributed by atoms with van der Waals surface area (Å²) in [5.41, 5.74) is 3.82. The fourth-order valence-corrected chi connectivity index (χ4v) is 6.62. The van der Waals surface area contributed by atoms with Crippen LogP contribution in [0, 0.1) is 11.3 Å². The molecular formula is C30H33N3O5. The van der Waals surface area contributed by atoms with Crippen LogP contribution >= 0.6 is 0 Å². The van der Waals surface area contributed by atoms with Crippen molar-refractivity contribution < 1.29 is 23.9 Å². The first kappa shape index (κ1) is 24.6. The Morgan fingerprint density at radius 2 is 1.87 bits per heavy atom. The number of alkyl carbamates (subject to hydrolysis) is 1. The summed E-state index contributed by atoms with van der Waals surface area (Å²) in [5.74, 6) is -0.567. The molecule has 1 saturated heterocycles. The summed E-state index contributed by atoms with van der Waals surface area (Å²) >= 11 is 0. The standard InChI is InChI=1S/C30H33N3O5/c34-26-10-9-24(27(35)32-26)33-18-21-8-7-20(13-23(21)28(33)36)17-31-29(37)38-25(14-19-5-2-1-3-6-19)22-15-30(16-22)11-4-12-30/h1-3,5-8,13,22,24-25H,4,9-12,14-18H2,(H,31,37)(H,32,34,35). The number of ether oxygens (including phenoxy) is 1. The highest BCUT2D eigenvalue weighted by atomic mass is 16.6. The van der Waals surface area contributed by atoms with Crippen LogP contribution in [0.5, 0.6) is 0 Å².